The van der Waals surface area contributed by atoms with Crippen molar-refractivity contribution in [2.45, 2.75) is 31.7 Å². The Balaban J connectivity index is 1.22. The molecule has 114 valence electrons. The first-order valence-corrected chi connectivity index (χ1v) is 8.69. The Bertz CT molecular complexity index is 479. The van der Waals surface area contributed by atoms with Crippen LogP contribution in [-0.4, -0.2) is 50.2 Å². The van der Waals surface area contributed by atoms with Crippen molar-refractivity contribution in [3.8, 4) is 0 Å². The molecule has 0 spiro atoms. The molecule has 4 aliphatic rings. The minimum absolute atomic E-state index is 0.762. The van der Waals surface area contributed by atoms with E-state index in [1.54, 1.807) is 0 Å². The Morgan fingerprint density at radius 2 is 1.95 bits per heavy atom. The summed E-state index contributed by atoms with van der Waals surface area (Å²) in [5.74, 6) is 0.947. The zero-order chi connectivity index (χ0) is 14.1. The lowest BCUT2D eigenvalue weighted by atomic mass is 9.84. The fourth-order valence-corrected chi connectivity index (χ4v) is 4.39. The molecule has 3 nitrogen and oxygen atoms in total. The lowest BCUT2D eigenvalue weighted by Crippen LogP contribution is -2.56. The Morgan fingerprint density at radius 3 is 2.76 bits per heavy atom. The average Bonchev–Trinajstić information content (AvgIpc) is 2.96. The monoisotopic (exact) mass is 285 g/mol. The first kappa shape index (κ1) is 13.6. The zero-order valence-corrected chi connectivity index (χ0v) is 12.9. The standard InChI is InChI=1S/C18H27N3/c1-2-5-18-16(4-1)8-13-21(18)10-3-9-19-17-14-20-11-6-15(17)7-12-20/h1-2,4-5,15,17,19H,3,6-14H2. The summed E-state index contributed by atoms with van der Waals surface area (Å²) in [5.41, 5.74) is 3.00. The number of fused-ring (bicyclic) bond motifs is 4. The molecule has 4 heterocycles. The number of piperidine rings is 3. The van der Waals surface area contributed by atoms with Crippen LogP contribution < -0.4 is 10.2 Å². The van der Waals surface area contributed by atoms with Gasteiger partial charge in [-0.1, -0.05) is 18.2 Å². The maximum absolute atomic E-state index is 3.83. The fourth-order valence-electron chi connectivity index (χ4n) is 4.39. The van der Waals surface area contributed by atoms with Crippen molar-refractivity contribution in [2.75, 3.05) is 44.2 Å². The highest BCUT2D eigenvalue weighted by Crippen LogP contribution is 2.28. The number of anilines is 1. The van der Waals surface area contributed by atoms with Gasteiger partial charge in [0.25, 0.3) is 0 Å². The van der Waals surface area contributed by atoms with Gasteiger partial charge >= 0.3 is 0 Å². The van der Waals surface area contributed by atoms with E-state index in [1.165, 1.54) is 76.2 Å². The van der Waals surface area contributed by atoms with Crippen LogP contribution in [0, 0.1) is 5.92 Å². The maximum atomic E-state index is 3.83. The number of nitrogens with zero attached hydrogens (tertiary/aromatic N) is 2. The van der Waals surface area contributed by atoms with E-state index in [2.05, 4.69) is 39.4 Å². The number of benzene rings is 1. The molecular formula is C18H27N3. The molecule has 2 bridgehead atoms. The molecular weight excluding hydrogens is 258 g/mol. The molecule has 0 saturated carbocycles. The third-order valence-electron chi connectivity index (χ3n) is 5.65. The van der Waals surface area contributed by atoms with Gasteiger partial charge in [0.1, 0.15) is 0 Å². The van der Waals surface area contributed by atoms with Crippen LogP contribution in [0.1, 0.15) is 24.8 Å². The van der Waals surface area contributed by atoms with Crippen LogP contribution >= 0.6 is 0 Å². The van der Waals surface area contributed by atoms with Crippen LogP contribution in [-0.2, 0) is 6.42 Å². The first-order chi connectivity index (χ1) is 10.4. The second-order valence-corrected chi connectivity index (χ2v) is 6.92. The van der Waals surface area contributed by atoms with Crippen LogP contribution in [0.2, 0.25) is 0 Å². The van der Waals surface area contributed by atoms with E-state index in [0.717, 1.165) is 12.0 Å². The maximum Gasteiger partial charge on any atom is 0.0399 e. The molecule has 1 unspecified atom stereocenters. The Hall–Kier alpha value is -1.06. The predicted molar refractivity (Wildman–Crippen MR) is 87.9 cm³/mol. The molecule has 1 N–H and O–H groups in total. The van der Waals surface area contributed by atoms with Crippen molar-refractivity contribution in [3.63, 3.8) is 0 Å². The van der Waals surface area contributed by atoms with Gasteiger partial charge in [0.05, 0.1) is 0 Å². The summed E-state index contributed by atoms with van der Waals surface area (Å²) >= 11 is 0. The molecule has 0 aromatic heterocycles. The number of nitrogens with one attached hydrogen (secondary N) is 1. The fraction of sp³-hybridized carbons (Fsp3) is 0.667. The van der Waals surface area contributed by atoms with Gasteiger partial charge in [-0.05, 0) is 62.9 Å². The summed E-state index contributed by atoms with van der Waals surface area (Å²) in [5, 5.41) is 3.83. The molecule has 0 amide bonds. The minimum Gasteiger partial charge on any atom is -0.371 e. The molecule has 1 aromatic carbocycles. The van der Waals surface area contributed by atoms with Crippen molar-refractivity contribution < 1.29 is 0 Å². The molecule has 3 fully saturated rings. The SMILES string of the molecule is c1ccc2c(c1)CCN2CCCNC1CN2CCC1CC2. The number of hydrogen-bond donors (Lipinski definition) is 1. The average molecular weight is 285 g/mol. The Labute approximate surface area is 128 Å². The van der Waals surface area contributed by atoms with E-state index < -0.39 is 0 Å². The molecule has 3 heteroatoms. The van der Waals surface area contributed by atoms with Crippen molar-refractivity contribution in [3.05, 3.63) is 29.8 Å². The molecule has 5 rings (SSSR count). The van der Waals surface area contributed by atoms with E-state index in [-0.39, 0.29) is 0 Å². The van der Waals surface area contributed by atoms with Crippen LogP contribution in [0.4, 0.5) is 5.69 Å². The minimum atomic E-state index is 0.762. The highest BCUT2D eigenvalue weighted by atomic mass is 15.2. The van der Waals surface area contributed by atoms with Crippen LogP contribution in [0.5, 0.6) is 0 Å². The summed E-state index contributed by atoms with van der Waals surface area (Å²) in [6.45, 7) is 7.55. The van der Waals surface area contributed by atoms with E-state index in [1.807, 2.05) is 0 Å². The second kappa shape index (κ2) is 5.98. The van der Waals surface area contributed by atoms with Gasteiger partial charge in [0.15, 0.2) is 0 Å². The second-order valence-electron chi connectivity index (χ2n) is 6.92. The van der Waals surface area contributed by atoms with Crippen LogP contribution in [0.25, 0.3) is 0 Å². The summed E-state index contributed by atoms with van der Waals surface area (Å²) in [4.78, 5) is 5.20. The van der Waals surface area contributed by atoms with Gasteiger partial charge in [0.2, 0.25) is 0 Å². The molecule has 4 aliphatic heterocycles. The zero-order valence-electron chi connectivity index (χ0n) is 12.9. The summed E-state index contributed by atoms with van der Waals surface area (Å²) < 4.78 is 0. The molecule has 21 heavy (non-hydrogen) atoms. The van der Waals surface area contributed by atoms with Crippen molar-refractivity contribution >= 4 is 5.69 Å². The van der Waals surface area contributed by atoms with E-state index in [0.29, 0.717) is 0 Å². The highest BCUT2D eigenvalue weighted by molar-refractivity contribution is 5.57. The van der Waals surface area contributed by atoms with E-state index >= 15 is 0 Å². The van der Waals surface area contributed by atoms with Crippen molar-refractivity contribution in [2.24, 2.45) is 5.92 Å². The van der Waals surface area contributed by atoms with Gasteiger partial charge in [-0.15, -0.1) is 0 Å². The predicted octanol–water partition coefficient (Wildman–Crippen LogP) is 2.12. The molecule has 1 aromatic rings. The number of hydrogen-bond acceptors (Lipinski definition) is 3. The van der Waals surface area contributed by atoms with E-state index in [9.17, 15) is 0 Å². The molecule has 1 atom stereocenters. The van der Waals surface area contributed by atoms with Gasteiger partial charge in [-0.2, -0.15) is 0 Å². The summed E-state index contributed by atoms with van der Waals surface area (Å²) in [7, 11) is 0. The largest absolute Gasteiger partial charge is 0.371 e. The highest BCUT2D eigenvalue weighted by Gasteiger charge is 2.33. The quantitative estimate of drug-likeness (QED) is 0.836. The van der Waals surface area contributed by atoms with Gasteiger partial charge in [-0.3, -0.25) is 0 Å². The van der Waals surface area contributed by atoms with Crippen LogP contribution in [0.15, 0.2) is 24.3 Å². The third kappa shape index (κ3) is 2.82. The normalized spacial score (nSPS) is 30.7. The van der Waals surface area contributed by atoms with Gasteiger partial charge < -0.3 is 15.1 Å². The number of rotatable bonds is 5. The smallest absolute Gasteiger partial charge is 0.0399 e. The molecule has 0 aliphatic carbocycles. The Kier molecular flexibility index (Phi) is 3.87. The first-order valence-electron chi connectivity index (χ1n) is 8.69. The molecule has 0 radical (unpaired) electrons. The van der Waals surface area contributed by atoms with Gasteiger partial charge in [0, 0.05) is 31.4 Å². The third-order valence-corrected chi connectivity index (χ3v) is 5.65. The summed E-state index contributed by atoms with van der Waals surface area (Å²) in [6, 6.07) is 9.66. The van der Waals surface area contributed by atoms with Crippen molar-refractivity contribution in [1.82, 2.24) is 10.2 Å². The number of para-hydroxylation sites is 1. The summed E-state index contributed by atoms with van der Waals surface area (Å²) in [6.07, 6.45) is 5.31. The lowest BCUT2D eigenvalue weighted by Gasteiger charge is -2.45. The molecule has 3 saturated heterocycles. The van der Waals surface area contributed by atoms with E-state index in [4.69, 9.17) is 0 Å². The van der Waals surface area contributed by atoms with Crippen LogP contribution in [0.3, 0.4) is 0 Å². The topological polar surface area (TPSA) is 18.5 Å². The van der Waals surface area contributed by atoms with Crippen molar-refractivity contribution in [1.29, 1.82) is 0 Å². The Morgan fingerprint density at radius 1 is 1.10 bits per heavy atom. The van der Waals surface area contributed by atoms with Gasteiger partial charge in [-0.25, -0.2) is 0 Å². The lowest BCUT2D eigenvalue weighted by molar-refractivity contribution is 0.0729.